The molecule has 0 heterocycles. The van der Waals surface area contributed by atoms with Gasteiger partial charge in [0.2, 0.25) is 0 Å². The highest BCUT2D eigenvalue weighted by molar-refractivity contribution is 14.1. The minimum Gasteiger partial charge on any atom is -0.496 e. The van der Waals surface area contributed by atoms with Gasteiger partial charge in [-0.15, -0.1) is 0 Å². The van der Waals surface area contributed by atoms with Gasteiger partial charge in [0.25, 0.3) is 0 Å². The minimum atomic E-state index is 0.0300. The van der Waals surface area contributed by atoms with E-state index in [0.29, 0.717) is 0 Å². The fraction of sp³-hybridized carbons (Fsp3) is 0.250. The Bertz CT molecular complexity index is 248. The third-order valence-electron chi connectivity index (χ3n) is 1.45. The summed E-state index contributed by atoms with van der Waals surface area (Å²) in [5.74, 6) is 0.749. The second-order valence-electron chi connectivity index (χ2n) is 2.08. The lowest BCUT2D eigenvalue weighted by Crippen LogP contribution is -1.93. The van der Waals surface area contributed by atoms with Crippen LogP contribution in [0, 0.1) is 3.57 Å². The first kappa shape index (κ1) is 8.80. The summed E-state index contributed by atoms with van der Waals surface area (Å²) in [6.45, 7) is 0.0300. The second kappa shape index (κ2) is 3.92. The molecule has 0 aliphatic rings. The summed E-state index contributed by atoms with van der Waals surface area (Å²) < 4.78 is 6.08. The molecule has 1 N–H and O–H groups in total. The number of ether oxygens (including phenoxy) is 1. The summed E-state index contributed by atoms with van der Waals surface area (Å²) in [7, 11) is 1.60. The summed E-state index contributed by atoms with van der Waals surface area (Å²) >= 11 is 2.17. The molecular formula is C8H9IO2. The van der Waals surface area contributed by atoms with E-state index in [2.05, 4.69) is 22.6 Å². The molecule has 0 bridgehead atoms. The number of hydrogen-bond acceptors (Lipinski definition) is 2. The van der Waals surface area contributed by atoms with Crippen molar-refractivity contribution in [2.24, 2.45) is 0 Å². The van der Waals surface area contributed by atoms with Gasteiger partial charge in [0.15, 0.2) is 0 Å². The van der Waals surface area contributed by atoms with E-state index in [4.69, 9.17) is 9.84 Å². The van der Waals surface area contributed by atoms with E-state index < -0.39 is 0 Å². The molecule has 0 unspecified atom stereocenters. The Morgan fingerprint density at radius 1 is 1.55 bits per heavy atom. The van der Waals surface area contributed by atoms with Gasteiger partial charge in [-0.1, -0.05) is 6.07 Å². The molecule has 2 nitrogen and oxygen atoms in total. The van der Waals surface area contributed by atoms with Crippen LogP contribution < -0.4 is 4.74 Å². The van der Waals surface area contributed by atoms with E-state index in [0.717, 1.165) is 14.9 Å². The fourth-order valence-electron chi connectivity index (χ4n) is 0.884. The van der Waals surface area contributed by atoms with Crippen LogP contribution in [0.5, 0.6) is 5.75 Å². The lowest BCUT2D eigenvalue weighted by Gasteiger charge is -2.06. The molecule has 1 rings (SSSR count). The zero-order chi connectivity index (χ0) is 8.27. The number of aliphatic hydroxyl groups is 1. The Hall–Kier alpha value is -0.290. The third kappa shape index (κ3) is 1.84. The van der Waals surface area contributed by atoms with Crippen LogP contribution in [0.25, 0.3) is 0 Å². The van der Waals surface area contributed by atoms with Crippen molar-refractivity contribution >= 4 is 22.6 Å². The van der Waals surface area contributed by atoms with E-state index in [-0.39, 0.29) is 6.61 Å². The first-order chi connectivity index (χ1) is 5.29. The van der Waals surface area contributed by atoms with Gasteiger partial charge in [0.1, 0.15) is 5.75 Å². The van der Waals surface area contributed by atoms with Gasteiger partial charge in [0.05, 0.1) is 13.7 Å². The highest BCUT2D eigenvalue weighted by Gasteiger charge is 2.03. The monoisotopic (exact) mass is 264 g/mol. The topological polar surface area (TPSA) is 29.5 Å². The Balaban J connectivity index is 3.13. The van der Waals surface area contributed by atoms with Crippen LogP contribution in [-0.2, 0) is 6.61 Å². The van der Waals surface area contributed by atoms with Crippen LogP contribution in [0.15, 0.2) is 18.2 Å². The van der Waals surface area contributed by atoms with E-state index in [1.807, 2.05) is 18.2 Å². The summed E-state index contributed by atoms with van der Waals surface area (Å²) in [6, 6.07) is 5.68. The van der Waals surface area contributed by atoms with Crippen molar-refractivity contribution in [3.8, 4) is 5.75 Å². The molecule has 0 saturated carbocycles. The molecule has 1 aromatic carbocycles. The van der Waals surface area contributed by atoms with Crippen LogP contribution >= 0.6 is 22.6 Å². The van der Waals surface area contributed by atoms with Crippen molar-refractivity contribution in [3.63, 3.8) is 0 Å². The van der Waals surface area contributed by atoms with E-state index in [9.17, 15) is 0 Å². The van der Waals surface area contributed by atoms with Crippen molar-refractivity contribution < 1.29 is 9.84 Å². The quantitative estimate of drug-likeness (QED) is 0.825. The molecular weight excluding hydrogens is 255 g/mol. The molecule has 0 amide bonds. The van der Waals surface area contributed by atoms with E-state index in [1.165, 1.54) is 0 Å². The average Bonchev–Trinajstić information content (AvgIpc) is 2.04. The zero-order valence-corrected chi connectivity index (χ0v) is 8.33. The molecule has 0 aliphatic carbocycles. The summed E-state index contributed by atoms with van der Waals surface area (Å²) in [5.41, 5.74) is 0.857. The smallest absolute Gasteiger partial charge is 0.125 e. The number of rotatable bonds is 2. The Labute approximate surface area is 79.3 Å². The molecule has 3 heteroatoms. The zero-order valence-electron chi connectivity index (χ0n) is 6.17. The number of halogens is 1. The predicted octanol–water partition coefficient (Wildman–Crippen LogP) is 1.79. The van der Waals surface area contributed by atoms with E-state index in [1.54, 1.807) is 7.11 Å². The molecule has 0 spiro atoms. The second-order valence-corrected chi connectivity index (χ2v) is 3.24. The first-order valence-electron chi connectivity index (χ1n) is 3.22. The highest BCUT2D eigenvalue weighted by Crippen LogP contribution is 2.22. The number of methoxy groups -OCH3 is 1. The molecule has 0 aliphatic heterocycles. The fourth-order valence-corrected chi connectivity index (χ4v) is 1.53. The molecule has 0 radical (unpaired) electrons. The maximum atomic E-state index is 8.95. The van der Waals surface area contributed by atoms with Crippen molar-refractivity contribution in [2.75, 3.05) is 7.11 Å². The van der Waals surface area contributed by atoms with Gasteiger partial charge >= 0.3 is 0 Å². The van der Waals surface area contributed by atoms with Gasteiger partial charge in [-0.05, 0) is 34.7 Å². The predicted molar refractivity (Wildman–Crippen MR) is 51.6 cm³/mol. The standard InChI is InChI=1S/C8H9IO2/c1-11-8-4-2-3-7(9)6(8)5-10/h2-4,10H,5H2,1H3. The van der Waals surface area contributed by atoms with Gasteiger partial charge in [-0.2, -0.15) is 0 Å². The van der Waals surface area contributed by atoms with Crippen molar-refractivity contribution in [2.45, 2.75) is 6.61 Å². The Morgan fingerprint density at radius 2 is 2.27 bits per heavy atom. The van der Waals surface area contributed by atoms with Gasteiger partial charge in [0, 0.05) is 9.13 Å². The van der Waals surface area contributed by atoms with Crippen molar-refractivity contribution in [1.82, 2.24) is 0 Å². The summed E-state index contributed by atoms with van der Waals surface area (Å²) in [5, 5.41) is 8.95. The molecule has 0 aromatic heterocycles. The molecule has 60 valence electrons. The van der Waals surface area contributed by atoms with Crippen molar-refractivity contribution in [3.05, 3.63) is 27.3 Å². The Morgan fingerprint density at radius 3 is 2.73 bits per heavy atom. The third-order valence-corrected chi connectivity index (χ3v) is 2.46. The largest absolute Gasteiger partial charge is 0.496 e. The molecule has 0 atom stereocenters. The minimum absolute atomic E-state index is 0.0300. The molecule has 1 aromatic rings. The lowest BCUT2D eigenvalue weighted by atomic mass is 10.2. The average molecular weight is 264 g/mol. The normalized spacial score (nSPS) is 9.73. The molecule has 0 saturated heterocycles. The molecule has 11 heavy (non-hydrogen) atoms. The van der Waals surface area contributed by atoms with Crippen LogP contribution in [0.2, 0.25) is 0 Å². The maximum Gasteiger partial charge on any atom is 0.125 e. The van der Waals surface area contributed by atoms with Crippen molar-refractivity contribution in [1.29, 1.82) is 0 Å². The molecule has 0 fully saturated rings. The summed E-state index contributed by atoms with van der Waals surface area (Å²) in [6.07, 6.45) is 0. The Kier molecular flexibility index (Phi) is 3.14. The van der Waals surface area contributed by atoms with Gasteiger partial charge < -0.3 is 9.84 Å². The van der Waals surface area contributed by atoms with Crippen LogP contribution in [-0.4, -0.2) is 12.2 Å². The van der Waals surface area contributed by atoms with Crippen LogP contribution in [0.1, 0.15) is 5.56 Å². The van der Waals surface area contributed by atoms with Gasteiger partial charge in [-0.3, -0.25) is 0 Å². The number of hydrogen-bond donors (Lipinski definition) is 1. The van der Waals surface area contributed by atoms with E-state index >= 15 is 0 Å². The van der Waals surface area contributed by atoms with Crippen LogP contribution in [0.4, 0.5) is 0 Å². The maximum absolute atomic E-state index is 8.95. The highest BCUT2D eigenvalue weighted by atomic mass is 127. The van der Waals surface area contributed by atoms with Gasteiger partial charge in [-0.25, -0.2) is 0 Å². The number of benzene rings is 1. The number of aliphatic hydroxyl groups excluding tert-OH is 1. The first-order valence-corrected chi connectivity index (χ1v) is 4.29. The van der Waals surface area contributed by atoms with Crippen LogP contribution in [0.3, 0.4) is 0 Å². The lowest BCUT2D eigenvalue weighted by molar-refractivity contribution is 0.273. The summed E-state index contributed by atoms with van der Waals surface area (Å²) in [4.78, 5) is 0. The SMILES string of the molecule is COc1cccc(I)c1CO.